The molecule has 4 heteroatoms. The Hall–Kier alpha value is -1.13. The first-order valence-electron chi connectivity index (χ1n) is 6.97. The first-order valence-corrected chi connectivity index (χ1v) is 6.97. The molecular formula is C15H24N2O2. The molecule has 1 atom stereocenters. The normalized spacial score (nSPS) is 19.9. The van der Waals surface area contributed by atoms with Crippen molar-refractivity contribution in [1.82, 2.24) is 10.3 Å². The van der Waals surface area contributed by atoms with Crippen LogP contribution in [0.4, 0.5) is 0 Å². The molecule has 1 aliphatic rings. The van der Waals surface area contributed by atoms with Crippen molar-refractivity contribution in [1.29, 1.82) is 0 Å². The summed E-state index contributed by atoms with van der Waals surface area (Å²) in [7, 11) is 5.48. The lowest BCUT2D eigenvalue weighted by atomic mass is 9.77. The third-order valence-corrected chi connectivity index (χ3v) is 4.22. The maximum atomic E-state index is 5.93. The van der Waals surface area contributed by atoms with Gasteiger partial charge in [-0.1, -0.05) is 19.3 Å². The van der Waals surface area contributed by atoms with Crippen molar-refractivity contribution >= 4 is 0 Å². The summed E-state index contributed by atoms with van der Waals surface area (Å²) < 4.78 is 11.2. The zero-order valence-electron chi connectivity index (χ0n) is 12.1. The van der Waals surface area contributed by atoms with E-state index in [0.717, 1.165) is 24.2 Å². The zero-order chi connectivity index (χ0) is 13.7. The molecule has 0 bridgehead atoms. The van der Waals surface area contributed by atoms with Crippen molar-refractivity contribution in [3.05, 3.63) is 24.0 Å². The second-order valence-corrected chi connectivity index (χ2v) is 5.21. The molecule has 1 heterocycles. The van der Waals surface area contributed by atoms with E-state index in [9.17, 15) is 0 Å². The SMILES string of the molecule is CNC(c1cncc(OC)c1)C1(OC)CCCCC1. The average molecular weight is 264 g/mol. The van der Waals surface area contributed by atoms with Crippen molar-refractivity contribution in [2.75, 3.05) is 21.3 Å². The lowest BCUT2D eigenvalue weighted by Crippen LogP contribution is -2.46. The van der Waals surface area contributed by atoms with E-state index in [2.05, 4.69) is 10.3 Å². The van der Waals surface area contributed by atoms with Gasteiger partial charge in [-0.25, -0.2) is 0 Å². The Bertz CT molecular complexity index is 403. The summed E-state index contributed by atoms with van der Waals surface area (Å²) in [5.74, 6) is 0.791. The molecule has 0 aliphatic heterocycles. The summed E-state index contributed by atoms with van der Waals surface area (Å²) in [5.41, 5.74) is 1.01. The molecule has 1 saturated carbocycles. The van der Waals surface area contributed by atoms with Gasteiger partial charge in [0.1, 0.15) is 5.75 Å². The van der Waals surface area contributed by atoms with Crippen LogP contribution in [0.25, 0.3) is 0 Å². The summed E-state index contributed by atoms with van der Waals surface area (Å²) in [6.07, 6.45) is 9.57. The van der Waals surface area contributed by atoms with E-state index in [0.29, 0.717) is 0 Å². The van der Waals surface area contributed by atoms with Crippen LogP contribution < -0.4 is 10.1 Å². The number of methoxy groups -OCH3 is 2. The standard InChI is InChI=1S/C15H24N2O2/c1-16-14(12-9-13(18-2)11-17-10-12)15(19-3)7-5-4-6-8-15/h9-11,14,16H,4-8H2,1-3H3. The third-order valence-electron chi connectivity index (χ3n) is 4.22. The predicted molar refractivity (Wildman–Crippen MR) is 75.4 cm³/mol. The third kappa shape index (κ3) is 2.90. The number of likely N-dealkylation sites (N-methyl/N-ethyl adjacent to an activating group) is 1. The quantitative estimate of drug-likeness (QED) is 0.888. The Morgan fingerprint density at radius 3 is 2.53 bits per heavy atom. The molecule has 2 rings (SSSR count). The number of nitrogens with one attached hydrogen (secondary N) is 1. The highest BCUT2D eigenvalue weighted by molar-refractivity contribution is 5.28. The van der Waals surface area contributed by atoms with Crippen LogP contribution in [0.2, 0.25) is 0 Å². The van der Waals surface area contributed by atoms with Gasteiger partial charge in [0.25, 0.3) is 0 Å². The van der Waals surface area contributed by atoms with E-state index >= 15 is 0 Å². The van der Waals surface area contributed by atoms with Gasteiger partial charge in [-0.2, -0.15) is 0 Å². The number of aromatic nitrogens is 1. The van der Waals surface area contributed by atoms with Gasteiger partial charge in [-0.3, -0.25) is 4.98 Å². The highest BCUT2D eigenvalue weighted by Crippen LogP contribution is 2.41. The molecule has 1 aromatic heterocycles. The molecule has 0 saturated heterocycles. The van der Waals surface area contributed by atoms with Crippen molar-refractivity contribution in [3.63, 3.8) is 0 Å². The molecule has 1 aliphatic carbocycles. The second-order valence-electron chi connectivity index (χ2n) is 5.21. The minimum atomic E-state index is -0.124. The monoisotopic (exact) mass is 264 g/mol. The minimum Gasteiger partial charge on any atom is -0.495 e. The van der Waals surface area contributed by atoms with E-state index in [1.165, 1.54) is 19.3 Å². The van der Waals surface area contributed by atoms with Gasteiger partial charge >= 0.3 is 0 Å². The maximum Gasteiger partial charge on any atom is 0.137 e. The molecule has 0 aromatic carbocycles. The number of hydrogen-bond acceptors (Lipinski definition) is 4. The predicted octanol–water partition coefficient (Wildman–Crippen LogP) is 2.70. The van der Waals surface area contributed by atoms with Gasteiger partial charge < -0.3 is 14.8 Å². The van der Waals surface area contributed by atoms with Crippen LogP contribution in [0.3, 0.4) is 0 Å². The van der Waals surface area contributed by atoms with E-state index < -0.39 is 0 Å². The van der Waals surface area contributed by atoms with Crippen LogP contribution in [-0.2, 0) is 4.74 Å². The zero-order valence-corrected chi connectivity index (χ0v) is 12.1. The molecule has 19 heavy (non-hydrogen) atoms. The number of ether oxygens (including phenoxy) is 2. The van der Waals surface area contributed by atoms with E-state index in [-0.39, 0.29) is 11.6 Å². The molecule has 106 valence electrons. The number of hydrogen-bond donors (Lipinski definition) is 1. The van der Waals surface area contributed by atoms with E-state index in [1.807, 2.05) is 26.4 Å². The molecule has 1 aromatic rings. The van der Waals surface area contributed by atoms with E-state index in [4.69, 9.17) is 9.47 Å². The second kappa shape index (κ2) is 6.35. The molecule has 4 nitrogen and oxygen atoms in total. The number of pyridine rings is 1. The molecule has 1 unspecified atom stereocenters. The Labute approximate surface area is 115 Å². The summed E-state index contributed by atoms with van der Waals surface area (Å²) in [5, 5.41) is 3.41. The fourth-order valence-electron chi connectivity index (χ4n) is 3.20. The number of nitrogens with zero attached hydrogens (tertiary/aromatic N) is 1. The fraction of sp³-hybridized carbons (Fsp3) is 0.667. The summed E-state index contributed by atoms with van der Waals surface area (Å²) in [4.78, 5) is 4.26. The van der Waals surface area contributed by atoms with Crippen molar-refractivity contribution in [3.8, 4) is 5.75 Å². The molecule has 0 radical (unpaired) electrons. The van der Waals surface area contributed by atoms with Crippen molar-refractivity contribution < 1.29 is 9.47 Å². The smallest absolute Gasteiger partial charge is 0.137 e. The number of rotatable bonds is 5. The van der Waals surface area contributed by atoms with Crippen LogP contribution >= 0.6 is 0 Å². The van der Waals surface area contributed by atoms with Crippen molar-refractivity contribution in [2.24, 2.45) is 0 Å². The topological polar surface area (TPSA) is 43.4 Å². The lowest BCUT2D eigenvalue weighted by molar-refractivity contribution is -0.0672. The fourth-order valence-corrected chi connectivity index (χ4v) is 3.20. The van der Waals surface area contributed by atoms with Crippen LogP contribution in [0, 0.1) is 0 Å². The van der Waals surface area contributed by atoms with Gasteiger partial charge in [0.2, 0.25) is 0 Å². The van der Waals surface area contributed by atoms with Gasteiger partial charge in [0.15, 0.2) is 0 Å². The van der Waals surface area contributed by atoms with Crippen LogP contribution in [0.5, 0.6) is 5.75 Å². The summed E-state index contributed by atoms with van der Waals surface area (Å²) in [6, 6.07) is 2.20. The highest BCUT2D eigenvalue weighted by Gasteiger charge is 2.40. The molecule has 0 spiro atoms. The van der Waals surface area contributed by atoms with Crippen LogP contribution in [0.15, 0.2) is 18.5 Å². The summed E-state index contributed by atoms with van der Waals surface area (Å²) >= 11 is 0. The molecule has 1 fully saturated rings. The first kappa shape index (κ1) is 14.3. The highest BCUT2D eigenvalue weighted by atomic mass is 16.5. The Balaban J connectivity index is 2.30. The molecular weight excluding hydrogens is 240 g/mol. The summed E-state index contributed by atoms with van der Waals surface area (Å²) in [6.45, 7) is 0. The van der Waals surface area contributed by atoms with Crippen molar-refractivity contribution in [2.45, 2.75) is 43.7 Å². The minimum absolute atomic E-state index is 0.124. The van der Waals surface area contributed by atoms with Gasteiger partial charge in [-0.05, 0) is 31.5 Å². The Morgan fingerprint density at radius 2 is 1.95 bits per heavy atom. The largest absolute Gasteiger partial charge is 0.495 e. The lowest BCUT2D eigenvalue weighted by Gasteiger charge is -2.42. The molecule has 0 amide bonds. The average Bonchev–Trinajstić information content (AvgIpc) is 2.49. The first-order chi connectivity index (χ1) is 9.25. The molecule has 1 N–H and O–H groups in total. The van der Waals surface area contributed by atoms with Gasteiger partial charge in [0.05, 0.1) is 24.9 Å². The van der Waals surface area contributed by atoms with E-state index in [1.54, 1.807) is 13.3 Å². The van der Waals surface area contributed by atoms with Gasteiger partial charge in [0, 0.05) is 13.3 Å². The Kier molecular flexibility index (Phi) is 4.77. The van der Waals surface area contributed by atoms with Crippen LogP contribution in [-0.4, -0.2) is 31.9 Å². The van der Waals surface area contributed by atoms with Gasteiger partial charge in [-0.15, -0.1) is 0 Å². The maximum absolute atomic E-state index is 5.93. The van der Waals surface area contributed by atoms with Crippen LogP contribution in [0.1, 0.15) is 43.7 Å². The Morgan fingerprint density at radius 1 is 1.21 bits per heavy atom.